The summed E-state index contributed by atoms with van der Waals surface area (Å²) in [6.45, 7) is 0.954. The number of nitrogens with one attached hydrogen (secondary N) is 1. The Morgan fingerprint density at radius 2 is 2.11 bits per heavy atom. The monoisotopic (exact) mass is 325 g/mol. The molecule has 0 amide bonds. The maximum Gasteiger partial charge on any atom is 0.336 e. The first kappa shape index (κ1) is 14.4. The SMILES string of the molecule is O=C(O)c1ccc(NCCCC2CCCC2)cc1Br. The smallest absolute Gasteiger partial charge is 0.336 e. The zero-order valence-corrected chi connectivity index (χ0v) is 12.6. The number of hydrogen-bond acceptors (Lipinski definition) is 2. The number of aromatic carboxylic acids is 1. The molecule has 0 saturated heterocycles. The largest absolute Gasteiger partial charge is 0.478 e. The summed E-state index contributed by atoms with van der Waals surface area (Å²) >= 11 is 3.29. The van der Waals surface area contributed by atoms with E-state index in [1.807, 2.05) is 12.1 Å². The van der Waals surface area contributed by atoms with E-state index < -0.39 is 5.97 Å². The lowest BCUT2D eigenvalue weighted by atomic mass is 10.0. The highest BCUT2D eigenvalue weighted by atomic mass is 79.9. The van der Waals surface area contributed by atoms with Crippen LogP contribution in [0.5, 0.6) is 0 Å². The third kappa shape index (κ3) is 4.23. The van der Waals surface area contributed by atoms with Gasteiger partial charge in [-0.1, -0.05) is 25.7 Å². The average molecular weight is 326 g/mol. The number of anilines is 1. The van der Waals surface area contributed by atoms with Gasteiger partial charge in [0.1, 0.15) is 0 Å². The second-order valence-corrected chi connectivity index (χ2v) is 6.07. The van der Waals surface area contributed by atoms with E-state index in [9.17, 15) is 4.79 Å². The van der Waals surface area contributed by atoms with Crippen LogP contribution in [0, 0.1) is 5.92 Å². The fourth-order valence-corrected chi connectivity index (χ4v) is 3.27. The molecule has 0 aromatic heterocycles. The first-order chi connectivity index (χ1) is 9.16. The molecule has 0 spiro atoms. The molecule has 0 radical (unpaired) electrons. The van der Waals surface area contributed by atoms with Crippen LogP contribution >= 0.6 is 15.9 Å². The van der Waals surface area contributed by atoms with E-state index in [0.29, 0.717) is 10.0 Å². The quantitative estimate of drug-likeness (QED) is 0.755. The van der Waals surface area contributed by atoms with Gasteiger partial charge in [0.25, 0.3) is 0 Å². The molecule has 0 aliphatic heterocycles. The van der Waals surface area contributed by atoms with E-state index in [2.05, 4.69) is 21.2 Å². The molecule has 0 atom stereocenters. The number of carboxylic acids is 1. The molecular formula is C15H20BrNO2. The van der Waals surface area contributed by atoms with Crippen molar-refractivity contribution in [3.63, 3.8) is 0 Å². The third-order valence-electron chi connectivity index (χ3n) is 3.79. The van der Waals surface area contributed by atoms with Crippen LogP contribution in [0.2, 0.25) is 0 Å². The van der Waals surface area contributed by atoms with Gasteiger partial charge in [0.05, 0.1) is 5.56 Å². The van der Waals surface area contributed by atoms with Crippen LogP contribution in [-0.2, 0) is 0 Å². The number of rotatable bonds is 6. The Bertz CT molecular complexity index is 442. The van der Waals surface area contributed by atoms with E-state index in [4.69, 9.17) is 5.11 Å². The minimum Gasteiger partial charge on any atom is -0.478 e. The fourth-order valence-electron chi connectivity index (χ4n) is 2.72. The zero-order valence-electron chi connectivity index (χ0n) is 11.0. The summed E-state index contributed by atoms with van der Waals surface area (Å²) in [5.74, 6) is 0.0302. The predicted molar refractivity (Wildman–Crippen MR) is 80.8 cm³/mol. The van der Waals surface area contributed by atoms with Crippen LogP contribution in [0.4, 0.5) is 5.69 Å². The van der Waals surface area contributed by atoms with Gasteiger partial charge in [-0.3, -0.25) is 0 Å². The van der Waals surface area contributed by atoms with E-state index in [1.165, 1.54) is 38.5 Å². The molecule has 0 heterocycles. The van der Waals surface area contributed by atoms with Crippen LogP contribution in [0.15, 0.2) is 22.7 Å². The summed E-state index contributed by atoms with van der Waals surface area (Å²) in [5.41, 5.74) is 1.28. The van der Waals surface area contributed by atoms with E-state index in [-0.39, 0.29) is 0 Å². The van der Waals surface area contributed by atoms with E-state index >= 15 is 0 Å². The van der Waals surface area contributed by atoms with Gasteiger partial charge >= 0.3 is 5.97 Å². The third-order valence-corrected chi connectivity index (χ3v) is 4.45. The molecule has 1 aromatic carbocycles. The van der Waals surface area contributed by atoms with Crippen molar-refractivity contribution in [1.82, 2.24) is 0 Å². The highest BCUT2D eigenvalue weighted by molar-refractivity contribution is 9.10. The molecule has 1 aliphatic carbocycles. The fraction of sp³-hybridized carbons (Fsp3) is 0.533. The standard InChI is InChI=1S/C15H20BrNO2/c16-14-10-12(7-8-13(14)15(18)19)17-9-3-6-11-4-1-2-5-11/h7-8,10-11,17H,1-6,9H2,(H,18,19). The number of carboxylic acid groups (broad SMARTS) is 1. The van der Waals surface area contributed by atoms with Gasteiger partial charge in [-0.15, -0.1) is 0 Å². The molecule has 1 aromatic rings. The second kappa shape index (κ2) is 6.94. The highest BCUT2D eigenvalue weighted by Gasteiger charge is 2.14. The number of benzene rings is 1. The Morgan fingerprint density at radius 1 is 1.37 bits per heavy atom. The Balaban J connectivity index is 1.76. The molecule has 1 saturated carbocycles. The minimum absolute atomic E-state index is 0.302. The number of hydrogen-bond donors (Lipinski definition) is 2. The topological polar surface area (TPSA) is 49.3 Å². The first-order valence-electron chi connectivity index (χ1n) is 6.93. The van der Waals surface area contributed by atoms with Gasteiger partial charge in [0.15, 0.2) is 0 Å². The molecule has 4 heteroatoms. The number of carbonyl (C=O) groups is 1. The van der Waals surface area contributed by atoms with Gasteiger partial charge in [0.2, 0.25) is 0 Å². The summed E-state index contributed by atoms with van der Waals surface area (Å²) in [6, 6.07) is 5.29. The molecule has 104 valence electrons. The maximum atomic E-state index is 10.9. The summed E-state index contributed by atoms with van der Waals surface area (Å²) in [6.07, 6.45) is 8.10. The normalized spacial score (nSPS) is 15.6. The van der Waals surface area contributed by atoms with Crippen molar-refractivity contribution in [3.8, 4) is 0 Å². The predicted octanol–water partition coefficient (Wildman–Crippen LogP) is 4.53. The van der Waals surface area contributed by atoms with E-state index in [0.717, 1.165) is 18.2 Å². The molecule has 2 rings (SSSR count). The van der Waals surface area contributed by atoms with Gasteiger partial charge in [-0.2, -0.15) is 0 Å². The van der Waals surface area contributed by atoms with Crippen LogP contribution in [-0.4, -0.2) is 17.6 Å². The number of halogens is 1. The van der Waals surface area contributed by atoms with Crippen LogP contribution in [0.3, 0.4) is 0 Å². The summed E-state index contributed by atoms with van der Waals surface area (Å²) in [4.78, 5) is 10.9. The van der Waals surface area contributed by atoms with Gasteiger partial charge < -0.3 is 10.4 Å². The molecule has 0 unspecified atom stereocenters. The lowest BCUT2D eigenvalue weighted by molar-refractivity contribution is 0.0696. The van der Waals surface area contributed by atoms with Gasteiger partial charge in [-0.05, 0) is 52.9 Å². The van der Waals surface area contributed by atoms with Gasteiger partial charge in [0, 0.05) is 16.7 Å². The lowest BCUT2D eigenvalue weighted by Crippen LogP contribution is -2.05. The molecule has 19 heavy (non-hydrogen) atoms. The molecule has 3 nitrogen and oxygen atoms in total. The summed E-state index contributed by atoms with van der Waals surface area (Å²) in [7, 11) is 0. The maximum absolute atomic E-state index is 10.9. The Hall–Kier alpha value is -1.03. The van der Waals surface area contributed by atoms with Crippen molar-refractivity contribution in [2.45, 2.75) is 38.5 Å². The summed E-state index contributed by atoms with van der Waals surface area (Å²) < 4.78 is 0.626. The molecule has 1 fully saturated rings. The van der Waals surface area contributed by atoms with Crippen LogP contribution in [0.25, 0.3) is 0 Å². The van der Waals surface area contributed by atoms with Crippen molar-refractivity contribution >= 4 is 27.6 Å². The van der Waals surface area contributed by atoms with E-state index in [1.54, 1.807) is 6.07 Å². The Kier molecular flexibility index (Phi) is 5.25. The minimum atomic E-state index is -0.903. The van der Waals surface area contributed by atoms with Crippen molar-refractivity contribution in [3.05, 3.63) is 28.2 Å². The average Bonchev–Trinajstić information content (AvgIpc) is 2.87. The van der Waals surface area contributed by atoms with Gasteiger partial charge in [-0.25, -0.2) is 4.79 Å². The second-order valence-electron chi connectivity index (χ2n) is 5.22. The van der Waals surface area contributed by atoms with Crippen LogP contribution in [0.1, 0.15) is 48.9 Å². The molecule has 0 bridgehead atoms. The highest BCUT2D eigenvalue weighted by Crippen LogP contribution is 2.28. The Morgan fingerprint density at radius 3 is 2.74 bits per heavy atom. The van der Waals surface area contributed by atoms with Crippen molar-refractivity contribution in [2.75, 3.05) is 11.9 Å². The molecule has 1 aliphatic rings. The first-order valence-corrected chi connectivity index (χ1v) is 7.73. The van der Waals surface area contributed by atoms with Crippen LogP contribution < -0.4 is 5.32 Å². The Labute approximate surface area is 122 Å². The summed E-state index contributed by atoms with van der Waals surface area (Å²) in [5, 5.41) is 12.3. The zero-order chi connectivity index (χ0) is 13.7. The van der Waals surface area contributed by atoms with Crippen molar-refractivity contribution in [1.29, 1.82) is 0 Å². The molecular weight excluding hydrogens is 306 g/mol. The lowest BCUT2D eigenvalue weighted by Gasteiger charge is -2.11. The molecule has 2 N–H and O–H groups in total. The van der Waals surface area contributed by atoms with Crippen molar-refractivity contribution < 1.29 is 9.90 Å². The van der Waals surface area contributed by atoms with Crippen molar-refractivity contribution in [2.24, 2.45) is 5.92 Å².